The molecule has 0 unspecified atom stereocenters. The third-order valence-corrected chi connectivity index (χ3v) is 4.76. The normalized spacial score (nSPS) is 10.5. The average Bonchev–Trinajstić information content (AvgIpc) is 3.06. The molecule has 2 N–H and O–H groups in total. The summed E-state index contributed by atoms with van der Waals surface area (Å²) in [6, 6.07) is 16.1. The molecular formula is C20H16Br2N2O3. The fraction of sp³-hybridized carbons (Fsp3) is 0.100. The van der Waals surface area contributed by atoms with Crippen molar-refractivity contribution in [2.24, 2.45) is 0 Å². The van der Waals surface area contributed by atoms with Crippen molar-refractivity contribution in [1.29, 1.82) is 0 Å². The predicted octanol–water partition coefficient (Wildman–Crippen LogP) is 5.55. The number of aryl methyl sites for hydroxylation is 1. The first-order valence-corrected chi connectivity index (χ1v) is 9.71. The van der Waals surface area contributed by atoms with E-state index >= 15 is 0 Å². The number of anilines is 2. The maximum absolute atomic E-state index is 12.3. The molecule has 0 radical (unpaired) electrons. The summed E-state index contributed by atoms with van der Waals surface area (Å²) < 4.78 is 6.68. The van der Waals surface area contributed by atoms with E-state index in [0.717, 1.165) is 21.3 Å². The Bertz CT molecular complexity index is 981. The van der Waals surface area contributed by atoms with E-state index in [1.807, 2.05) is 37.3 Å². The molecule has 5 nitrogen and oxygen atoms in total. The average molecular weight is 492 g/mol. The van der Waals surface area contributed by atoms with E-state index in [0.29, 0.717) is 10.4 Å². The lowest BCUT2D eigenvalue weighted by Crippen LogP contribution is -2.15. The van der Waals surface area contributed by atoms with Gasteiger partial charge in [0.2, 0.25) is 5.91 Å². The molecule has 0 fully saturated rings. The Kier molecular flexibility index (Phi) is 6.13. The maximum Gasteiger partial charge on any atom is 0.291 e. The van der Waals surface area contributed by atoms with Crippen LogP contribution in [0.25, 0.3) is 0 Å². The van der Waals surface area contributed by atoms with Crippen LogP contribution >= 0.6 is 31.9 Å². The third kappa shape index (κ3) is 5.30. The van der Waals surface area contributed by atoms with Gasteiger partial charge in [0.15, 0.2) is 10.4 Å². The van der Waals surface area contributed by atoms with Gasteiger partial charge in [-0.1, -0.05) is 28.1 Å². The van der Waals surface area contributed by atoms with Crippen molar-refractivity contribution in [1.82, 2.24) is 0 Å². The Hall–Kier alpha value is -2.38. The van der Waals surface area contributed by atoms with E-state index in [4.69, 9.17) is 4.42 Å². The van der Waals surface area contributed by atoms with Gasteiger partial charge in [-0.3, -0.25) is 9.59 Å². The van der Waals surface area contributed by atoms with Gasteiger partial charge in [-0.2, -0.15) is 0 Å². The van der Waals surface area contributed by atoms with Crippen LogP contribution in [0, 0.1) is 6.92 Å². The number of halogens is 2. The summed E-state index contributed by atoms with van der Waals surface area (Å²) in [7, 11) is 0. The van der Waals surface area contributed by atoms with E-state index in [2.05, 4.69) is 42.5 Å². The number of carbonyl (C=O) groups excluding carboxylic acids is 2. The fourth-order valence-electron chi connectivity index (χ4n) is 2.48. The predicted molar refractivity (Wildman–Crippen MR) is 112 cm³/mol. The van der Waals surface area contributed by atoms with Crippen LogP contribution < -0.4 is 10.6 Å². The molecular weight excluding hydrogens is 476 g/mol. The van der Waals surface area contributed by atoms with E-state index in [-0.39, 0.29) is 24.0 Å². The zero-order valence-electron chi connectivity index (χ0n) is 14.4. The van der Waals surface area contributed by atoms with Crippen molar-refractivity contribution in [2.45, 2.75) is 13.3 Å². The van der Waals surface area contributed by atoms with Gasteiger partial charge < -0.3 is 15.1 Å². The molecule has 0 bridgehead atoms. The number of hydrogen-bond acceptors (Lipinski definition) is 3. The van der Waals surface area contributed by atoms with E-state index in [9.17, 15) is 9.59 Å². The number of benzene rings is 2. The minimum atomic E-state index is -0.336. The summed E-state index contributed by atoms with van der Waals surface area (Å²) in [6.45, 7) is 1.94. The lowest BCUT2D eigenvalue weighted by molar-refractivity contribution is -0.115. The molecule has 3 aromatic rings. The van der Waals surface area contributed by atoms with Crippen molar-refractivity contribution < 1.29 is 14.0 Å². The van der Waals surface area contributed by atoms with Gasteiger partial charge in [0, 0.05) is 15.8 Å². The van der Waals surface area contributed by atoms with Crippen molar-refractivity contribution in [3.63, 3.8) is 0 Å². The molecule has 0 saturated heterocycles. The third-order valence-electron chi connectivity index (χ3n) is 3.84. The highest BCUT2D eigenvalue weighted by molar-refractivity contribution is 9.10. The molecule has 0 spiro atoms. The summed E-state index contributed by atoms with van der Waals surface area (Å²) in [4.78, 5) is 24.3. The SMILES string of the molecule is Cc1cc(Br)ccc1NC(=O)Cc1ccc(NC(=O)c2ccc(Br)o2)cc1. The van der Waals surface area contributed by atoms with Gasteiger partial charge in [0.05, 0.1) is 6.42 Å². The lowest BCUT2D eigenvalue weighted by atomic mass is 10.1. The number of nitrogens with one attached hydrogen (secondary N) is 2. The highest BCUT2D eigenvalue weighted by Gasteiger charge is 2.11. The van der Waals surface area contributed by atoms with Gasteiger partial charge in [0.25, 0.3) is 5.91 Å². The van der Waals surface area contributed by atoms with Crippen LogP contribution in [0.15, 0.2) is 68.2 Å². The van der Waals surface area contributed by atoms with Gasteiger partial charge in [-0.05, 0) is 76.4 Å². The molecule has 0 aliphatic heterocycles. The minimum absolute atomic E-state index is 0.0994. The highest BCUT2D eigenvalue weighted by Crippen LogP contribution is 2.21. The van der Waals surface area contributed by atoms with E-state index in [1.54, 1.807) is 24.3 Å². The van der Waals surface area contributed by atoms with Crippen molar-refractivity contribution >= 4 is 55.0 Å². The Labute approximate surface area is 173 Å². The largest absolute Gasteiger partial charge is 0.444 e. The molecule has 0 saturated carbocycles. The standard InChI is InChI=1S/C20H16Br2N2O3/c1-12-10-14(21)4-7-16(12)24-19(25)11-13-2-5-15(6-3-13)23-20(26)17-8-9-18(22)27-17/h2-10H,11H2,1H3,(H,23,26)(H,24,25). The lowest BCUT2D eigenvalue weighted by Gasteiger charge is -2.09. The second-order valence-corrected chi connectivity index (χ2v) is 7.64. The monoisotopic (exact) mass is 490 g/mol. The highest BCUT2D eigenvalue weighted by atomic mass is 79.9. The smallest absolute Gasteiger partial charge is 0.291 e. The van der Waals surface area contributed by atoms with Crippen molar-refractivity contribution in [3.05, 3.63) is 80.6 Å². The summed E-state index contributed by atoms with van der Waals surface area (Å²) in [5, 5.41) is 5.66. The molecule has 1 aromatic heterocycles. The van der Waals surface area contributed by atoms with Crippen LogP contribution in [0.1, 0.15) is 21.7 Å². The quantitative estimate of drug-likeness (QED) is 0.491. The maximum atomic E-state index is 12.3. The molecule has 2 aromatic carbocycles. The second kappa shape index (κ2) is 8.54. The Morgan fingerprint density at radius 1 is 0.963 bits per heavy atom. The summed E-state index contributed by atoms with van der Waals surface area (Å²) in [5.74, 6) is -0.218. The minimum Gasteiger partial charge on any atom is -0.444 e. The molecule has 1 heterocycles. The molecule has 27 heavy (non-hydrogen) atoms. The summed E-state index contributed by atoms with van der Waals surface area (Å²) in [5.41, 5.74) is 3.25. The van der Waals surface area contributed by atoms with Gasteiger partial charge in [-0.15, -0.1) is 0 Å². The van der Waals surface area contributed by atoms with Crippen LogP contribution in [0.3, 0.4) is 0 Å². The van der Waals surface area contributed by atoms with Crippen LogP contribution in [0.5, 0.6) is 0 Å². The van der Waals surface area contributed by atoms with Crippen LogP contribution in [0.4, 0.5) is 11.4 Å². The first-order valence-electron chi connectivity index (χ1n) is 8.12. The van der Waals surface area contributed by atoms with Crippen LogP contribution in [-0.4, -0.2) is 11.8 Å². The van der Waals surface area contributed by atoms with Crippen LogP contribution in [0.2, 0.25) is 0 Å². The zero-order chi connectivity index (χ0) is 19.4. The topological polar surface area (TPSA) is 71.3 Å². The van der Waals surface area contributed by atoms with Gasteiger partial charge in [-0.25, -0.2) is 0 Å². The fourth-order valence-corrected chi connectivity index (χ4v) is 3.26. The zero-order valence-corrected chi connectivity index (χ0v) is 17.6. The Balaban J connectivity index is 1.58. The molecule has 138 valence electrons. The van der Waals surface area contributed by atoms with E-state index < -0.39 is 0 Å². The molecule has 0 aliphatic rings. The Morgan fingerprint density at radius 2 is 1.70 bits per heavy atom. The Morgan fingerprint density at radius 3 is 2.33 bits per heavy atom. The molecule has 7 heteroatoms. The number of rotatable bonds is 5. The van der Waals surface area contributed by atoms with Crippen molar-refractivity contribution in [2.75, 3.05) is 10.6 Å². The van der Waals surface area contributed by atoms with Crippen LogP contribution in [-0.2, 0) is 11.2 Å². The molecule has 2 amide bonds. The van der Waals surface area contributed by atoms with Gasteiger partial charge in [0.1, 0.15) is 0 Å². The van der Waals surface area contributed by atoms with Gasteiger partial charge >= 0.3 is 0 Å². The first kappa shape index (κ1) is 19.4. The number of hydrogen-bond donors (Lipinski definition) is 2. The molecule has 3 rings (SSSR count). The summed E-state index contributed by atoms with van der Waals surface area (Å²) >= 11 is 6.57. The number of furan rings is 1. The number of carbonyl (C=O) groups is 2. The molecule has 0 atom stereocenters. The number of amides is 2. The molecule has 0 aliphatic carbocycles. The summed E-state index contributed by atoms with van der Waals surface area (Å²) in [6.07, 6.45) is 0.245. The second-order valence-electron chi connectivity index (χ2n) is 5.94. The first-order chi connectivity index (χ1) is 12.9. The van der Waals surface area contributed by atoms with Crippen molar-refractivity contribution in [3.8, 4) is 0 Å². The van der Waals surface area contributed by atoms with E-state index in [1.165, 1.54) is 0 Å².